The maximum Gasteiger partial charge on any atom is 0.416 e. The first-order chi connectivity index (χ1) is 21.2. The van der Waals surface area contributed by atoms with E-state index in [0.717, 1.165) is 28.4 Å². The summed E-state index contributed by atoms with van der Waals surface area (Å²) in [6.07, 6.45) is -3.92. The molecule has 17 heteroatoms. The van der Waals surface area contributed by atoms with E-state index in [9.17, 15) is 34.8 Å². The quantitative estimate of drug-likeness (QED) is 0.0822. The molecule has 0 radical (unpaired) electrons. The zero-order valence-electron chi connectivity index (χ0n) is 23.0. The van der Waals surface area contributed by atoms with Crippen LogP contribution in [0.2, 0.25) is 0 Å². The average Bonchev–Trinajstić information content (AvgIpc) is 3.65. The number of benzene rings is 3. The highest BCUT2D eigenvalue weighted by Gasteiger charge is 2.31. The first-order valence-electron chi connectivity index (χ1n) is 12.6. The third-order valence-electron chi connectivity index (χ3n) is 5.92. The molecule has 2 aromatic heterocycles. The van der Waals surface area contributed by atoms with Crippen LogP contribution in [0.1, 0.15) is 30.4 Å². The Kier molecular flexibility index (Phi) is 10.7. The molecule has 0 atom stereocenters. The highest BCUT2D eigenvalue weighted by Crippen LogP contribution is 2.33. The number of nitrogens with one attached hydrogen (secondary N) is 1. The van der Waals surface area contributed by atoms with Crippen molar-refractivity contribution >= 4 is 84.5 Å². The van der Waals surface area contributed by atoms with Gasteiger partial charge in [-0.15, -0.1) is 22.7 Å². The minimum absolute atomic E-state index is 0.0499. The molecule has 1 N–H and O–H groups in total. The molecule has 0 saturated carbocycles. The maximum absolute atomic E-state index is 13.1. The summed E-state index contributed by atoms with van der Waals surface area (Å²) in [7, 11) is -1.27. The van der Waals surface area contributed by atoms with E-state index in [1.807, 2.05) is 0 Å². The number of carbonyl (C=O) groups is 1. The fourth-order valence-electron chi connectivity index (χ4n) is 3.69. The van der Waals surface area contributed by atoms with Gasteiger partial charge in [-0.1, -0.05) is 11.8 Å². The minimum atomic E-state index is -4.62. The van der Waals surface area contributed by atoms with Gasteiger partial charge in [0.15, 0.2) is 0 Å². The molecule has 5 aromatic rings. The molecule has 9 nitrogen and oxygen atoms in total. The van der Waals surface area contributed by atoms with E-state index < -0.39 is 36.8 Å². The summed E-state index contributed by atoms with van der Waals surface area (Å²) in [4.78, 5) is 19.3. The standard InChI is InChI=1S/C21H17F3N2O4S2.C7H4ClNO2S2/c1-30-20(27)6-4-2-3-5-14-11-15(21(22,23)24)7-9-17(14)26-32(28,29)16-8-10-18-19(12-16)31-13-25-18;8-13(10,11)5-1-2-6-7(3-5)12-4-9-6/h7-13,26H,2,4,6H2,1H3;1-4H. The van der Waals surface area contributed by atoms with Gasteiger partial charge in [0.05, 0.1) is 59.6 Å². The number of hydrogen-bond acceptors (Lipinski definition) is 10. The Bertz CT molecular complexity index is 2140. The molecule has 0 fully saturated rings. The highest BCUT2D eigenvalue weighted by molar-refractivity contribution is 8.13. The van der Waals surface area contributed by atoms with E-state index in [1.54, 1.807) is 23.2 Å². The summed E-state index contributed by atoms with van der Waals surface area (Å²) in [5.41, 5.74) is 3.51. The normalized spacial score (nSPS) is 11.8. The van der Waals surface area contributed by atoms with Gasteiger partial charge in [0.1, 0.15) is 0 Å². The van der Waals surface area contributed by atoms with Gasteiger partial charge in [-0.3, -0.25) is 9.52 Å². The first kappa shape index (κ1) is 34.1. The molecule has 0 saturated heterocycles. The summed E-state index contributed by atoms with van der Waals surface area (Å²) in [5.74, 6) is 4.84. The molecule has 0 bridgehead atoms. The number of aromatic nitrogens is 2. The number of rotatable bonds is 7. The summed E-state index contributed by atoms with van der Waals surface area (Å²) >= 11 is 2.65. The number of esters is 1. The van der Waals surface area contributed by atoms with Crippen LogP contribution >= 0.6 is 33.4 Å². The third kappa shape index (κ3) is 9.14. The number of ether oxygens (including phenoxy) is 1. The topological polar surface area (TPSA) is 132 Å². The van der Waals surface area contributed by atoms with Crippen LogP contribution < -0.4 is 4.72 Å². The predicted octanol–water partition coefficient (Wildman–Crippen LogP) is 7.03. The van der Waals surface area contributed by atoms with E-state index >= 15 is 0 Å². The Balaban J connectivity index is 0.000000293. The Hall–Kier alpha value is -3.75. The summed E-state index contributed by atoms with van der Waals surface area (Å²) in [6, 6.07) is 11.6. The molecular weight excluding hydrogens is 695 g/mol. The van der Waals surface area contributed by atoms with Gasteiger partial charge in [-0.2, -0.15) is 13.2 Å². The molecule has 0 aliphatic carbocycles. The molecule has 2 heterocycles. The molecule has 5 rings (SSSR count). The van der Waals surface area contributed by atoms with Crippen LogP contribution in [0, 0.1) is 11.8 Å². The van der Waals surface area contributed by atoms with Crippen molar-refractivity contribution in [1.82, 2.24) is 9.97 Å². The van der Waals surface area contributed by atoms with Crippen LogP contribution in [-0.4, -0.2) is 39.9 Å². The van der Waals surface area contributed by atoms with Crippen LogP contribution in [0.4, 0.5) is 18.9 Å². The van der Waals surface area contributed by atoms with E-state index in [1.165, 1.54) is 54.0 Å². The Morgan fingerprint density at radius 2 is 1.53 bits per heavy atom. The smallest absolute Gasteiger partial charge is 0.416 e. The zero-order chi connectivity index (χ0) is 32.8. The average molecular weight is 716 g/mol. The van der Waals surface area contributed by atoms with Gasteiger partial charge in [0.25, 0.3) is 19.1 Å². The summed E-state index contributed by atoms with van der Waals surface area (Å²) < 4.78 is 95.3. The van der Waals surface area contributed by atoms with Gasteiger partial charge in [0, 0.05) is 29.1 Å². The second-order valence-corrected chi connectivity index (χ2v) is 15.0. The van der Waals surface area contributed by atoms with E-state index in [0.29, 0.717) is 16.6 Å². The largest absolute Gasteiger partial charge is 0.469 e. The van der Waals surface area contributed by atoms with E-state index in [-0.39, 0.29) is 33.9 Å². The van der Waals surface area contributed by atoms with E-state index in [2.05, 4.69) is 31.3 Å². The predicted molar refractivity (Wildman–Crippen MR) is 167 cm³/mol. The molecule has 0 spiro atoms. The van der Waals surface area contributed by atoms with Crippen molar-refractivity contribution in [3.05, 3.63) is 76.7 Å². The van der Waals surface area contributed by atoms with E-state index in [4.69, 9.17) is 10.7 Å². The highest BCUT2D eigenvalue weighted by atomic mass is 35.7. The van der Waals surface area contributed by atoms with Crippen molar-refractivity contribution in [2.75, 3.05) is 11.8 Å². The fourth-order valence-corrected chi connectivity index (χ4v) is 7.15. The zero-order valence-corrected chi connectivity index (χ0v) is 27.0. The minimum Gasteiger partial charge on any atom is -0.469 e. The van der Waals surface area contributed by atoms with Gasteiger partial charge >= 0.3 is 12.1 Å². The summed E-state index contributed by atoms with van der Waals surface area (Å²) in [6.45, 7) is 0. The third-order valence-corrected chi connectivity index (χ3v) is 10.2. The number of nitrogens with zero attached hydrogens (tertiary/aromatic N) is 2. The van der Waals surface area contributed by atoms with Crippen molar-refractivity contribution in [2.24, 2.45) is 0 Å². The van der Waals surface area contributed by atoms with Gasteiger partial charge < -0.3 is 4.74 Å². The Morgan fingerprint density at radius 1 is 0.933 bits per heavy atom. The first-order valence-corrected chi connectivity index (χ1v) is 18.1. The number of fused-ring (bicyclic) bond motifs is 2. The lowest BCUT2D eigenvalue weighted by atomic mass is 10.1. The van der Waals surface area contributed by atoms with Crippen molar-refractivity contribution in [1.29, 1.82) is 0 Å². The lowest BCUT2D eigenvalue weighted by Gasteiger charge is -2.13. The van der Waals surface area contributed by atoms with Crippen molar-refractivity contribution in [3.63, 3.8) is 0 Å². The second kappa shape index (κ2) is 14.1. The molecule has 3 aromatic carbocycles. The molecule has 0 aliphatic rings. The fraction of sp³-hybridized carbons (Fsp3) is 0.179. The molecule has 0 amide bonds. The van der Waals surface area contributed by atoms with Gasteiger partial charge in [0.2, 0.25) is 0 Å². The SMILES string of the molecule is COC(=O)CCCC#Cc1cc(C(F)(F)F)ccc1NS(=O)(=O)c1ccc2ncsc2c1.O=S(=O)(Cl)c1ccc2ncsc2c1. The van der Waals surface area contributed by atoms with Crippen LogP contribution in [0.5, 0.6) is 0 Å². The number of thiazole rings is 2. The van der Waals surface area contributed by atoms with Gasteiger partial charge in [-0.25, -0.2) is 26.8 Å². The molecule has 0 aliphatic heterocycles. The number of carbonyl (C=O) groups excluding carboxylic acids is 1. The number of unbranched alkanes of at least 4 members (excludes halogenated alkanes) is 1. The van der Waals surface area contributed by atoms with Crippen molar-refractivity contribution in [2.45, 2.75) is 35.2 Å². The number of alkyl halides is 3. The number of anilines is 1. The van der Waals surface area contributed by atoms with Crippen molar-refractivity contribution < 1.29 is 39.5 Å². The van der Waals surface area contributed by atoms with Crippen LogP contribution in [-0.2, 0) is 34.8 Å². The maximum atomic E-state index is 13.1. The number of halogens is 4. The number of hydrogen-bond donors (Lipinski definition) is 1. The second-order valence-electron chi connectivity index (χ2n) is 9.00. The number of sulfonamides is 1. The lowest BCUT2D eigenvalue weighted by Crippen LogP contribution is -2.14. The Labute approximate surface area is 268 Å². The van der Waals surface area contributed by atoms with Gasteiger partial charge in [-0.05, 0) is 61.0 Å². The molecule has 0 unspecified atom stereocenters. The van der Waals surface area contributed by atoms with Crippen LogP contribution in [0.15, 0.2) is 75.4 Å². The lowest BCUT2D eigenvalue weighted by molar-refractivity contribution is -0.140. The Morgan fingerprint density at radius 3 is 2.11 bits per heavy atom. The molecule has 45 heavy (non-hydrogen) atoms. The molecule has 236 valence electrons. The van der Waals surface area contributed by atoms with Crippen LogP contribution in [0.25, 0.3) is 20.4 Å². The number of methoxy groups -OCH3 is 1. The van der Waals surface area contributed by atoms with Crippen molar-refractivity contribution in [3.8, 4) is 11.8 Å². The molecular formula is C28H21ClF3N3O6S4. The monoisotopic (exact) mass is 715 g/mol. The summed E-state index contributed by atoms with van der Waals surface area (Å²) in [5, 5.41) is 0. The van der Waals surface area contributed by atoms with Crippen LogP contribution in [0.3, 0.4) is 0 Å².